The minimum absolute atomic E-state index is 0.0116. The molecule has 0 heterocycles. The number of nitrogens with zero attached hydrogens (tertiary/aromatic N) is 1. The second kappa shape index (κ2) is 12.8. The average Bonchev–Trinajstić information content (AvgIpc) is 2.85. The van der Waals surface area contributed by atoms with Crippen molar-refractivity contribution in [2.45, 2.75) is 19.4 Å². The topological polar surface area (TPSA) is 71.3 Å². The van der Waals surface area contributed by atoms with Crippen molar-refractivity contribution in [1.82, 2.24) is 5.32 Å². The van der Waals surface area contributed by atoms with Gasteiger partial charge in [-0.2, -0.15) is 5.26 Å². The van der Waals surface area contributed by atoms with Crippen molar-refractivity contribution in [2.24, 2.45) is 0 Å². The normalized spacial score (nSPS) is 10.9. The molecule has 0 saturated heterocycles. The van der Waals surface area contributed by atoms with E-state index in [1.54, 1.807) is 18.2 Å². The van der Waals surface area contributed by atoms with Crippen LogP contribution in [0.2, 0.25) is 0 Å². The molecular formula is C27H24FIN2O3. The van der Waals surface area contributed by atoms with Gasteiger partial charge in [0.2, 0.25) is 0 Å². The summed E-state index contributed by atoms with van der Waals surface area (Å²) in [5, 5.41) is 12.3. The van der Waals surface area contributed by atoms with Crippen LogP contribution in [-0.2, 0) is 17.8 Å². The Morgan fingerprint density at radius 3 is 2.53 bits per heavy atom. The summed E-state index contributed by atoms with van der Waals surface area (Å²) in [4.78, 5) is 12.5. The molecule has 3 aromatic rings. The fraction of sp³-hybridized carbons (Fsp3) is 0.185. The molecule has 1 N–H and O–H groups in total. The zero-order valence-electron chi connectivity index (χ0n) is 18.7. The standard InChI is InChI=1S/C27H24FIN2O3/c1-33-25-16-21(15-24(29)26(25)34-18-20-9-11-23(28)12-10-20)14-22(17-30)27(32)31-13-5-8-19-6-3-2-4-7-19/h2-4,6-7,9-12,14-16H,5,8,13,18H2,1H3,(H,31,32)/b22-14-. The fourth-order valence-electron chi connectivity index (χ4n) is 3.25. The molecule has 0 aliphatic rings. The second-order valence-corrected chi connectivity index (χ2v) is 8.63. The van der Waals surface area contributed by atoms with Gasteiger partial charge in [-0.25, -0.2) is 4.39 Å². The molecule has 0 aromatic heterocycles. The number of aryl methyl sites for hydroxylation is 1. The van der Waals surface area contributed by atoms with Crippen molar-refractivity contribution >= 4 is 34.6 Å². The van der Waals surface area contributed by atoms with Gasteiger partial charge >= 0.3 is 0 Å². The van der Waals surface area contributed by atoms with Crippen LogP contribution in [0.4, 0.5) is 4.39 Å². The molecule has 3 rings (SSSR count). The lowest BCUT2D eigenvalue weighted by Crippen LogP contribution is -2.25. The zero-order chi connectivity index (χ0) is 24.3. The number of hydrogen-bond acceptors (Lipinski definition) is 4. The number of carbonyl (C=O) groups excluding carboxylic acids is 1. The first-order chi connectivity index (χ1) is 16.5. The lowest BCUT2D eigenvalue weighted by atomic mass is 10.1. The Morgan fingerprint density at radius 1 is 1.12 bits per heavy atom. The first-order valence-electron chi connectivity index (χ1n) is 10.7. The monoisotopic (exact) mass is 570 g/mol. The third-order valence-electron chi connectivity index (χ3n) is 4.99. The summed E-state index contributed by atoms with van der Waals surface area (Å²) in [5.41, 5.74) is 2.68. The van der Waals surface area contributed by atoms with Crippen LogP contribution in [0.15, 0.2) is 72.3 Å². The molecule has 0 fully saturated rings. The number of amides is 1. The number of halogens is 2. The lowest BCUT2D eigenvalue weighted by molar-refractivity contribution is -0.117. The average molecular weight is 570 g/mol. The highest BCUT2D eigenvalue weighted by atomic mass is 127. The van der Waals surface area contributed by atoms with E-state index in [1.807, 2.05) is 42.5 Å². The van der Waals surface area contributed by atoms with E-state index < -0.39 is 5.91 Å². The molecule has 0 aliphatic carbocycles. The van der Waals surface area contributed by atoms with E-state index in [0.29, 0.717) is 23.6 Å². The van der Waals surface area contributed by atoms with Crippen LogP contribution in [0, 0.1) is 20.7 Å². The first kappa shape index (κ1) is 25.2. The van der Waals surface area contributed by atoms with Crippen molar-refractivity contribution in [3.8, 4) is 17.6 Å². The molecule has 0 spiro atoms. The number of benzene rings is 3. The van der Waals surface area contributed by atoms with Crippen molar-refractivity contribution in [3.63, 3.8) is 0 Å². The third-order valence-corrected chi connectivity index (χ3v) is 5.80. The molecule has 0 atom stereocenters. The van der Waals surface area contributed by atoms with Crippen molar-refractivity contribution in [3.05, 3.63) is 98.4 Å². The van der Waals surface area contributed by atoms with Crippen LogP contribution in [-0.4, -0.2) is 19.6 Å². The fourth-order valence-corrected chi connectivity index (χ4v) is 4.03. The smallest absolute Gasteiger partial charge is 0.261 e. The van der Waals surface area contributed by atoms with Crippen LogP contribution in [0.1, 0.15) is 23.1 Å². The van der Waals surface area contributed by atoms with E-state index in [0.717, 1.165) is 22.0 Å². The van der Waals surface area contributed by atoms with E-state index in [9.17, 15) is 14.4 Å². The number of rotatable bonds is 10. The molecule has 5 nitrogen and oxygen atoms in total. The molecule has 0 saturated carbocycles. The van der Waals surface area contributed by atoms with Gasteiger partial charge in [0.25, 0.3) is 5.91 Å². The van der Waals surface area contributed by atoms with Gasteiger partial charge in [0.15, 0.2) is 11.5 Å². The summed E-state index contributed by atoms with van der Waals surface area (Å²) in [6.07, 6.45) is 3.16. The van der Waals surface area contributed by atoms with E-state index in [1.165, 1.54) is 30.9 Å². The number of carbonyl (C=O) groups is 1. The minimum Gasteiger partial charge on any atom is -0.493 e. The number of methoxy groups -OCH3 is 1. The Balaban J connectivity index is 1.65. The van der Waals surface area contributed by atoms with Gasteiger partial charge in [-0.1, -0.05) is 42.5 Å². The summed E-state index contributed by atoms with van der Waals surface area (Å²) in [5.74, 6) is 0.288. The Labute approximate surface area is 212 Å². The van der Waals surface area contributed by atoms with Gasteiger partial charge in [-0.15, -0.1) is 0 Å². The molecule has 0 radical (unpaired) electrons. The molecule has 34 heavy (non-hydrogen) atoms. The second-order valence-electron chi connectivity index (χ2n) is 7.46. The quantitative estimate of drug-likeness (QED) is 0.148. The van der Waals surface area contributed by atoms with Crippen molar-refractivity contribution in [1.29, 1.82) is 5.26 Å². The lowest BCUT2D eigenvalue weighted by Gasteiger charge is -2.14. The number of hydrogen-bond donors (Lipinski definition) is 1. The maximum atomic E-state index is 13.1. The predicted octanol–water partition coefficient (Wildman–Crippen LogP) is 5.67. The van der Waals surface area contributed by atoms with Crippen molar-refractivity contribution in [2.75, 3.05) is 13.7 Å². The van der Waals surface area contributed by atoms with Gasteiger partial charge < -0.3 is 14.8 Å². The minimum atomic E-state index is -0.416. The summed E-state index contributed by atoms with van der Waals surface area (Å²) in [7, 11) is 1.52. The van der Waals surface area contributed by atoms with E-state index >= 15 is 0 Å². The number of ether oxygens (including phenoxy) is 2. The molecule has 7 heteroatoms. The maximum absolute atomic E-state index is 13.1. The predicted molar refractivity (Wildman–Crippen MR) is 138 cm³/mol. The molecule has 0 unspecified atom stereocenters. The summed E-state index contributed by atoms with van der Waals surface area (Å²) >= 11 is 2.11. The van der Waals surface area contributed by atoms with E-state index in [2.05, 4.69) is 27.9 Å². The van der Waals surface area contributed by atoms with Crippen LogP contribution in [0.25, 0.3) is 6.08 Å². The molecule has 0 bridgehead atoms. The summed E-state index contributed by atoms with van der Waals surface area (Å²) in [6, 6.07) is 21.6. The molecular weight excluding hydrogens is 546 g/mol. The Kier molecular flexibility index (Phi) is 9.47. The van der Waals surface area contributed by atoms with Crippen LogP contribution in [0.5, 0.6) is 11.5 Å². The molecule has 1 amide bonds. The maximum Gasteiger partial charge on any atom is 0.261 e. The van der Waals surface area contributed by atoms with Crippen LogP contribution < -0.4 is 14.8 Å². The summed E-state index contributed by atoms with van der Waals surface area (Å²) < 4.78 is 25.2. The highest BCUT2D eigenvalue weighted by molar-refractivity contribution is 14.1. The third kappa shape index (κ3) is 7.32. The summed E-state index contributed by atoms with van der Waals surface area (Å²) in [6.45, 7) is 0.723. The highest BCUT2D eigenvalue weighted by Crippen LogP contribution is 2.35. The SMILES string of the molecule is COc1cc(/C=C(/C#N)C(=O)NCCCc2ccccc2)cc(I)c1OCc1ccc(F)cc1. The van der Waals surface area contributed by atoms with Gasteiger partial charge in [-0.3, -0.25) is 4.79 Å². The molecule has 174 valence electrons. The molecule has 0 aliphatic heterocycles. The van der Waals surface area contributed by atoms with Gasteiger partial charge in [0.05, 0.1) is 10.7 Å². The Bertz CT molecular complexity index is 1190. The van der Waals surface area contributed by atoms with E-state index in [-0.39, 0.29) is 18.0 Å². The van der Waals surface area contributed by atoms with Crippen LogP contribution in [0.3, 0.4) is 0 Å². The van der Waals surface area contributed by atoms with Gasteiger partial charge in [-0.05, 0) is 82.5 Å². The van der Waals surface area contributed by atoms with Crippen molar-refractivity contribution < 1.29 is 18.7 Å². The van der Waals surface area contributed by atoms with Crippen LogP contribution >= 0.6 is 22.6 Å². The number of nitrogens with one attached hydrogen (secondary N) is 1. The largest absolute Gasteiger partial charge is 0.493 e. The zero-order valence-corrected chi connectivity index (χ0v) is 20.8. The molecule has 3 aromatic carbocycles. The van der Waals surface area contributed by atoms with E-state index in [4.69, 9.17) is 9.47 Å². The first-order valence-corrected chi connectivity index (χ1v) is 11.8. The Hall–Kier alpha value is -3.38. The number of nitriles is 1. The Morgan fingerprint density at radius 2 is 1.85 bits per heavy atom. The van der Waals surface area contributed by atoms with Gasteiger partial charge in [0.1, 0.15) is 24.1 Å². The highest BCUT2D eigenvalue weighted by Gasteiger charge is 2.14. The van der Waals surface area contributed by atoms with Gasteiger partial charge in [0, 0.05) is 6.54 Å².